The van der Waals surface area contributed by atoms with E-state index in [9.17, 15) is 10.1 Å². The molecule has 0 aromatic carbocycles. The fourth-order valence-electron chi connectivity index (χ4n) is 0.683. The van der Waals surface area contributed by atoms with Crippen LogP contribution in [0.4, 0.5) is 5.69 Å². The lowest BCUT2D eigenvalue weighted by molar-refractivity contribution is -0.385. The second kappa shape index (κ2) is 3.35. The Labute approximate surface area is 66.0 Å². The highest BCUT2D eigenvalue weighted by Gasteiger charge is 2.14. The molecule has 1 aromatic rings. The Bertz CT molecular complexity index is 337. The minimum atomic E-state index is -0.592. The van der Waals surface area contributed by atoms with Crippen LogP contribution in [-0.4, -0.2) is 15.1 Å². The van der Waals surface area contributed by atoms with Crippen LogP contribution in [0.2, 0.25) is 0 Å². The maximum absolute atomic E-state index is 10.3. The van der Waals surface area contributed by atoms with Gasteiger partial charge in [0, 0.05) is 4.91 Å². The van der Waals surface area contributed by atoms with E-state index >= 15 is 0 Å². The van der Waals surface area contributed by atoms with Gasteiger partial charge in [0.15, 0.2) is 0 Å². The number of nitrogens with zero attached hydrogens (tertiary/aromatic N) is 5. The monoisotopic (exact) mass is 168 g/mol. The van der Waals surface area contributed by atoms with Crippen LogP contribution >= 0.6 is 0 Å². The van der Waals surface area contributed by atoms with Gasteiger partial charge in [0.05, 0.1) is 11.5 Å². The smallest absolute Gasteiger partial charge is 0.275 e. The van der Waals surface area contributed by atoms with E-state index in [1.54, 1.807) is 0 Å². The summed E-state index contributed by atoms with van der Waals surface area (Å²) in [5, 5.41) is 19.2. The first-order chi connectivity index (χ1) is 5.75. The Morgan fingerprint density at radius 3 is 3.25 bits per heavy atom. The van der Waals surface area contributed by atoms with Crippen LogP contribution in [-0.2, 0) is 6.54 Å². The van der Waals surface area contributed by atoms with Crippen LogP contribution in [0.3, 0.4) is 0 Å². The van der Waals surface area contributed by atoms with Crippen molar-refractivity contribution in [2.45, 2.75) is 6.54 Å². The number of hydrogen-bond donors (Lipinski definition) is 1. The standard InChI is InChI=1S/C4H4N6O2/c5-9-7-1-3-4(10(11)12)2-6-8-3/h2H,1H2,(H,6,8). The van der Waals surface area contributed by atoms with Crippen molar-refractivity contribution in [2.75, 3.05) is 0 Å². The largest absolute Gasteiger partial charge is 0.310 e. The van der Waals surface area contributed by atoms with Gasteiger partial charge in [-0.3, -0.25) is 15.2 Å². The van der Waals surface area contributed by atoms with E-state index in [-0.39, 0.29) is 17.9 Å². The van der Waals surface area contributed by atoms with Crippen molar-refractivity contribution in [1.82, 2.24) is 10.2 Å². The molecule has 8 heteroatoms. The van der Waals surface area contributed by atoms with E-state index in [0.29, 0.717) is 0 Å². The van der Waals surface area contributed by atoms with Gasteiger partial charge in [0.1, 0.15) is 11.9 Å². The van der Waals surface area contributed by atoms with Crippen LogP contribution in [0.25, 0.3) is 10.4 Å². The van der Waals surface area contributed by atoms with Crippen molar-refractivity contribution in [3.05, 3.63) is 32.4 Å². The van der Waals surface area contributed by atoms with Gasteiger partial charge in [-0.1, -0.05) is 5.11 Å². The molecule has 0 radical (unpaired) electrons. The predicted molar refractivity (Wildman–Crippen MR) is 38.1 cm³/mol. The molecule has 12 heavy (non-hydrogen) atoms. The molecular formula is C4H4N6O2. The molecule has 8 nitrogen and oxygen atoms in total. The Hall–Kier alpha value is -2.08. The van der Waals surface area contributed by atoms with E-state index in [2.05, 4.69) is 20.2 Å². The van der Waals surface area contributed by atoms with Gasteiger partial charge in [-0.25, -0.2) is 0 Å². The molecule has 0 saturated heterocycles. The molecule has 62 valence electrons. The summed E-state index contributed by atoms with van der Waals surface area (Å²) in [6.45, 7) is -0.0905. The van der Waals surface area contributed by atoms with Crippen molar-refractivity contribution in [3.63, 3.8) is 0 Å². The van der Waals surface area contributed by atoms with Crippen molar-refractivity contribution in [2.24, 2.45) is 5.11 Å². The normalized spacial score (nSPS) is 9.00. The SMILES string of the molecule is [N-]=[N+]=NCc1[nH]ncc1[N+](=O)[O-]. The summed E-state index contributed by atoms with van der Waals surface area (Å²) in [6.07, 6.45) is 1.07. The lowest BCUT2D eigenvalue weighted by Gasteiger charge is -1.87. The van der Waals surface area contributed by atoms with Gasteiger partial charge in [-0.15, -0.1) is 0 Å². The third-order valence-corrected chi connectivity index (χ3v) is 1.18. The number of hydrogen-bond acceptors (Lipinski definition) is 4. The molecule has 1 heterocycles. The first-order valence-corrected chi connectivity index (χ1v) is 2.93. The minimum Gasteiger partial charge on any atom is -0.275 e. The van der Waals surface area contributed by atoms with Gasteiger partial charge < -0.3 is 0 Å². The molecule has 1 N–H and O–H groups in total. The van der Waals surface area contributed by atoms with Gasteiger partial charge in [0.25, 0.3) is 0 Å². The Kier molecular flexibility index (Phi) is 2.24. The molecule has 0 bridgehead atoms. The fourth-order valence-corrected chi connectivity index (χ4v) is 0.683. The quantitative estimate of drug-likeness (QED) is 0.239. The third kappa shape index (κ3) is 1.50. The van der Waals surface area contributed by atoms with E-state index < -0.39 is 4.92 Å². The molecular weight excluding hydrogens is 164 g/mol. The van der Waals surface area contributed by atoms with Crippen LogP contribution in [0.1, 0.15) is 5.69 Å². The zero-order valence-corrected chi connectivity index (χ0v) is 5.84. The van der Waals surface area contributed by atoms with E-state index in [1.807, 2.05) is 0 Å². The molecule has 0 saturated carbocycles. The lowest BCUT2D eigenvalue weighted by Crippen LogP contribution is -1.91. The van der Waals surface area contributed by atoms with Crippen molar-refractivity contribution in [1.29, 1.82) is 0 Å². The number of aromatic amines is 1. The zero-order valence-electron chi connectivity index (χ0n) is 5.84. The number of aromatic nitrogens is 2. The summed E-state index contributed by atoms with van der Waals surface area (Å²) in [6, 6.07) is 0. The highest BCUT2D eigenvalue weighted by molar-refractivity contribution is 5.31. The summed E-state index contributed by atoms with van der Waals surface area (Å²) in [5.41, 5.74) is 7.99. The summed E-state index contributed by atoms with van der Waals surface area (Å²) < 4.78 is 0. The fraction of sp³-hybridized carbons (Fsp3) is 0.250. The highest BCUT2D eigenvalue weighted by Crippen LogP contribution is 2.14. The Morgan fingerprint density at radius 1 is 1.92 bits per heavy atom. The topological polar surface area (TPSA) is 121 Å². The van der Waals surface area contributed by atoms with Gasteiger partial charge in [0.2, 0.25) is 0 Å². The summed E-state index contributed by atoms with van der Waals surface area (Å²) in [7, 11) is 0. The maximum Gasteiger partial charge on any atom is 0.310 e. The number of rotatable bonds is 3. The van der Waals surface area contributed by atoms with Crippen molar-refractivity contribution < 1.29 is 4.92 Å². The molecule has 0 aliphatic heterocycles. The molecule has 0 aliphatic rings. The lowest BCUT2D eigenvalue weighted by atomic mass is 10.4. The number of azide groups is 1. The van der Waals surface area contributed by atoms with Crippen LogP contribution in [0, 0.1) is 10.1 Å². The molecule has 0 spiro atoms. The summed E-state index contributed by atoms with van der Waals surface area (Å²) in [4.78, 5) is 12.1. The Morgan fingerprint density at radius 2 is 2.67 bits per heavy atom. The van der Waals surface area contributed by atoms with Gasteiger partial charge in [-0.2, -0.15) is 5.10 Å². The van der Waals surface area contributed by atoms with Crippen molar-refractivity contribution in [3.8, 4) is 0 Å². The third-order valence-electron chi connectivity index (χ3n) is 1.18. The molecule has 0 amide bonds. The first kappa shape index (κ1) is 8.02. The highest BCUT2D eigenvalue weighted by atomic mass is 16.6. The zero-order chi connectivity index (χ0) is 8.97. The van der Waals surface area contributed by atoms with E-state index in [0.717, 1.165) is 6.20 Å². The number of nitro groups is 1. The molecule has 1 aromatic heterocycles. The minimum absolute atomic E-state index is 0.0905. The molecule has 0 unspecified atom stereocenters. The molecule has 0 atom stereocenters. The van der Waals surface area contributed by atoms with Crippen LogP contribution in [0.5, 0.6) is 0 Å². The second-order valence-electron chi connectivity index (χ2n) is 1.88. The molecule has 1 rings (SSSR count). The maximum atomic E-state index is 10.3. The van der Waals surface area contributed by atoms with Crippen LogP contribution in [0.15, 0.2) is 11.3 Å². The van der Waals surface area contributed by atoms with E-state index in [4.69, 9.17) is 5.53 Å². The van der Waals surface area contributed by atoms with Crippen molar-refractivity contribution >= 4 is 5.69 Å². The van der Waals surface area contributed by atoms with Crippen LogP contribution < -0.4 is 0 Å². The molecule has 0 aliphatic carbocycles. The first-order valence-electron chi connectivity index (χ1n) is 2.93. The summed E-state index contributed by atoms with van der Waals surface area (Å²) >= 11 is 0. The Balaban J connectivity index is 2.91. The van der Waals surface area contributed by atoms with Gasteiger partial charge in [-0.05, 0) is 5.53 Å². The predicted octanol–water partition coefficient (Wildman–Crippen LogP) is 1.13. The average molecular weight is 168 g/mol. The average Bonchev–Trinajstić information content (AvgIpc) is 2.48. The number of nitrogens with one attached hydrogen (secondary N) is 1. The van der Waals surface area contributed by atoms with Gasteiger partial charge >= 0.3 is 5.69 Å². The number of H-pyrrole nitrogens is 1. The summed E-state index contributed by atoms with van der Waals surface area (Å²) in [5.74, 6) is 0. The second-order valence-corrected chi connectivity index (χ2v) is 1.88. The van der Waals surface area contributed by atoms with E-state index in [1.165, 1.54) is 0 Å². The molecule has 0 fully saturated rings.